The van der Waals surface area contributed by atoms with Crippen molar-refractivity contribution in [3.63, 3.8) is 0 Å². The molecule has 1 aromatic carbocycles. The van der Waals surface area contributed by atoms with Crippen LogP contribution in [-0.2, 0) is 14.3 Å². The minimum Gasteiger partial charge on any atom is -0.385 e. The van der Waals surface area contributed by atoms with Gasteiger partial charge in [0.2, 0.25) is 11.8 Å². The number of carbonyl (C=O) groups is 2. The number of hydrogen-bond donors (Lipinski definition) is 0. The Bertz CT molecular complexity index is 589. The summed E-state index contributed by atoms with van der Waals surface area (Å²) in [5, 5.41) is 0.712. The molecule has 1 heterocycles. The molecule has 1 aliphatic heterocycles. The summed E-state index contributed by atoms with van der Waals surface area (Å²) in [5.74, 6) is -0.0830. The third-order valence-electron chi connectivity index (χ3n) is 4.35. The largest absolute Gasteiger partial charge is 0.385 e. The summed E-state index contributed by atoms with van der Waals surface area (Å²) in [5.41, 5.74) is 1.07. The molecular formula is C18H26ClN3O3. The Labute approximate surface area is 154 Å². The van der Waals surface area contributed by atoms with Crippen molar-refractivity contribution in [1.29, 1.82) is 0 Å². The lowest BCUT2D eigenvalue weighted by atomic mass is 10.2. The second-order valence-electron chi connectivity index (χ2n) is 6.13. The normalized spacial score (nSPS) is 14.5. The molecule has 6 nitrogen and oxygen atoms in total. The standard InChI is InChI=1S/C18H26ClN3O3/c1-15(23)22(7-4-12-25-2)14-18(24)21-10-8-20(9-11-21)17-6-3-5-16(19)13-17/h3,5-6,13H,4,7-12,14H2,1-2H3. The minimum absolute atomic E-state index is 0.00152. The van der Waals surface area contributed by atoms with Crippen LogP contribution in [0.3, 0.4) is 0 Å². The lowest BCUT2D eigenvalue weighted by molar-refractivity contribution is -0.139. The van der Waals surface area contributed by atoms with Crippen molar-refractivity contribution in [3.05, 3.63) is 29.3 Å². The van der Waals surface area contributed by atoms with Crippen molar-refractivity contribution in [2.75, 3.05) is 57.9 Å². The van der Waals surface area contributed by atoms with E-state index in [0.29, 0.717) is 31.3 Å². The summed E-state index contributed by atoms with van der Waals surface area (Å²) in [6.07, 6.45) is 0.728. The first kappa shape index (κ1) is 19.5. The Kier molecular flexibility index (Phi) is 7.52. The van der Waals surface area contributed by atoms with Crippen molar-refractivity contribution in [2.24, 2.45) is 0 Å². The summed E-state index contributed by atoms with van der Waals surface area (Å²) >= 11 is 6.04. The number of methoxy groups -OCH3 is 1. The summed E-state index contributed by atoms with van der Waals surface area (Å²) in [6, 6.07) is 7.74. The van der Waals surface area contributed by atoms with E-state index in [1.54, 1.807) is 12.0 Å². The molecule has 0 aliphatic carbocycles. The van der Waals surface area contributed by atoms with Crippen LogP contribution in [0.25, 0.3) is 0 Å². The van der Waals surface area contributed by atoms with Crippen LogP contribution in [0, 0.1) is 0 Å². The number of anilines is 1. The van der Waals surface area contributed by atoms with Gasteiger partial charge in [0.25, 0.3) is 0 Å². The second kappa shape index (κ2) is 9.63. The minimum atomic E-state index is -0.0815. The van der Waals surface area contributed by atoms with Gasteiger partial charge in [0, 0.05) is 64.1 Å². The maximum absolute atomic E-state index is 12.5. The number of halogens is 1. The van der Waals surface area contributed by atoms with Gasteiger partial charge in [-0.2, -0.15) is 0 Å². The van der Waals surface area contributed by atoms with Crippen LogP contribution in [-0.4, -0.2) is 74.6 Å². The zero-order valence-electron chi connectivity index (χ0n) is 14.9. The van der Waals surface area contributed by atoms with Crippen molar-refractivity contribution >= 4 is 29.1 Å². The summed E-state index contributed by atoms with van der Waals surface area (Å²) in [6.45, 7) is 5.57. The van der Waals surface area contributed by atoms with Crippen LogP contribution >= 0.6 is 11.6 Å². The lowest BCUT2D eigenvalue weighted by Gasteiger charge is -2.37. The highest BCUT2D eigenvalue weighted by atomic mass is 35.5. The number of rotatable bonds is 7. The third-order valence-corrected chi connectivity index (χ3v) is 4.59. The van der Waals surface area contributed by atoms with Crippen LogP contribution in [0.1, 0.15) is 13.3 Å². The number of nitrogens with zero attached hydrogens (tertiary/aromatic N) is 3. The molecule has 0 radical (unpaired) electrons. The van der Waals surface area contributed by atoms with Crippen LogP contribution < -0.4 is 4.90 Å². The van der Waals surface area contributed by atoms with E-state index >= 15 is 0 Å². The van der Waals surface area contributed by atoms with Gasteiger partial charge in [0.15, 0.2) is 0 Å². The van der Waals surface area contributed by atoms with E-state index in [1.165, 1.54) is 6.92 Å². The van der Waals surface area contributed by atoms with E-state index in [4.69, 9.17) is 16.3 Å². The molecule has 25 heavy (non-hydrogen) atoms. The van der Waals surface area contributed by atoms with E-state index in [1.807, 2.05) is 29.2 Å². The van der Waals surface area contributed by atoms with Gasteiger partial charge in [-0.25, -0.2) is 0 Å². The first-order valence-electron chi connectivity index (χ1n) is 8.54. The predicted octanol–water partition coefficient (Wildman–Crippen LogP) is 1.87. The van der Waals surface area contributed by atoms with Gasteiger partial charge >= 0.3 is 0 Å². The van der Waals surface area contributed by atoms with Gasteiger partial charge in [-0.1, -0.05) is 17.7 Å². The van der Waals surface area contributed by atoms with Gasteiger partial charge in [0.05, 0.1) is 6.54 Å². The number of amides is 2. The highest BCUT2D eigenvalue weighted by molar-refractivity contribution is 6.30. The Morgan fingerprint density at radius 1 is 1.24 bits per heavy atom. The molecule has 2 rings (SSSR count). The fourth-order valence-electron chi connectivity index (χ4n) is 2.90. The quantitative estimate of drug-likeness (QED) is 0.690. The summed E-state index contributed by atoms with van der Waals surface area (Å²) in [7, 11) is 1.63. The van der Waals surface area contributed by atoms with E-state index in [2.05, 4.69) is 4.90 Å². The summed E-state index contributed by atoms with van der Waals surface area (Å²) in [4.78, 5) is 29.9. The van der Waals surface area contributed by atoms with Crippen molar-refractivity contribution in [1.82, 2.24) is 9.80 Å². The molecule has 1 aliphatic rings. The van der Waals surface area contributed by atoms with E-state index in [-0.39, 0.29) is 18.4 Å². The fourth-order valence-corrected chi connectivity index (χ4v) is 3.08. The molecule has 1 saturated heterocycles. The number of piperazine rings is 1. The van der Waals surface area contributed by atoms with Gasteiger partial charge < -0.3 is 19.4 Å². The van der Waals surface area contributed by atoms with Gasteiger partial charge in [-0.3, -0.25) is 9.59 Å². The first-order valence-corrected chi connectivity index (χ1v) is 8.92. The average Bonchev–Trinajstić information content (AvgIpc) is 2.61. The van der Waals surface area contributed by atoms with Crippen LogP contribution in [0.15, 0.2) is 24.3 Å². The fraction of sp³-hybridized carbons (Fsp3) is 0.556. The number of carbonyl (C=O) groups excluding carboxylic acids is 2. The predicted molar refractivity (Wildman–Crippen MR) is 99.0 cm³/mol. The SMILES string of the molecule is COCCCN(CC(=O)N1CCN(c2cccc(Cl)c2)CC1)C(C)=O. The zero-order chi connectivity index (χ0) is 18.2. The van der Waals surface area contributed by atoms with Crippen LogP contribution in [0.4, 0.5) is 5.69 Å². The molecule has 2 amide bonds. The van der Waals surface area contributed by atoms with Gasteiger partial charge in [-0.05, 0) is 24.6 Å². The monoisotopic (exact) mass is 367 g/mol. The van der Waals surface area contributed by atoms with E-state index in [0.717, 1.165) is 25.2 Å². The number of benzene rings is 1. The molecule has 1 aromatic rings. The topological polar surface area (TPSA) is 53.1 Å². The van der Waals surface area contributed by atoms with Gasteiger partial charge in [-0.15, -0.1) is 0 Å². The molecule has 0 saturated carbocycles. The molecule has 0 spiro atoms. The molecule has 7 heteroatoms. The first-order chi connectivity index (χ1) is 12.0. The average molecular weight is 368 g/mol. The van der Waals surface area contributed by atoms with Gasteiger partial charge in [0.1, 0.15) is 0 Å². The molecule has 0 N–H and O–H groups in total. The zero-order valence-corrected chi connectivity index (χ0v) is 15.7. The Morgan fingerprint density at radius 2 is 1.96 bits per heavy atom. The molecule has 0 unspecified atom stereocenters. The molecule has 1 fully saturated rings. The molecule has 0 atom stereocenters. The van der Waals surface area contributed by atoms with Crippen molar-refractivity contribution in [3.8, 4) is 0 Å². The molecule has 0 bridgehead atoms. The maximum Gasteiger partial charge on any atom is 0.242 e. The summed E-state index contributed by atoms with van der Waals surface area (Å²) < 4.78 is 5.01. The number of hydrogen-bond acceptors (Lipinski definition) is 4. The number of ether oxygens (including phenoxy) is 1. The van der Waals surface area contributed by atoms with Crippen LogP contribution in [0.5, 0.6) is 0 Å². The highest BCUT2D eigenvalue weighted by Crippen LogP contribution is 2.20. The Balaban J connectivity index is 1.84. The smallest absolute Gasteiger partial charge is 0.242 e. The maximum atomic E-state index is 12.5. The highest BCUT2D eigenvalue weighted by Gasteiger charge is 2.23. The molecular weight excluding hydrogens is 342 g/mol. The van der Waals surface area contributed by atoms with E-state index < -0.39 is 0 Å². The third kappa shape index (κ3) is 5.90. The van der Waals surface area contributed by atoms with Crippen LogP contribution in [0.2, 0.25) is 5.02 Å². The van der Waals surface area contributed by atoms with E-state index in [9.17, 15) is 9.59 Å². The van der Waals surface area contributed by atoms with Crippen molar-refractivity contribution < 1.29 is 14.3 Å². The Hall–Kier alpha value is -1.79. The van der Waals surface area contributed by atoms with Crippen molar-refractivity contribution in [2.45, 2.75) is 13.3 Å². The Morgan fingerprint density at radius 3 is 2.56 bits per heavy atom. The molecule has 0 aromatic heterocycles. The second-order valence-corrected chi connectivity index (χ2v) is 6.57. The molecule has 138 valence electrons. The lowest BCUT2D eigenvalue weighted by Crippen LogP contribution is -2.51.